The second-order valence-corrected chi connectivity index (χ2v) is 7.26. The maximum atomic E-state index is 11.6. The van der Waals surface area contributed by atoms with Crippen LogP contribution in [0.3, 0.4) is 0 Å². The van der Waals surface area contributed by atoms with Crippen molar-refractivity contribution in [1.82, 2.24) is 5.43 Å². The number of phenolic OH excluding ortho intramolecular Hbond substituents is 1. The summed E-state index contributed by atoms with van der Waals surface area (Å²) >= 11 is 1.47. The van der Waals surface area contributed by atoms with Crippen LogP contribution >= 0.6 is 11.3 Å². The van der Waals surface area contributed by atoms with Gasteiger partial charge in [0, 0.05) is 34.9 Å². The topological polar surface area (TPSA) is 87.4 Å². The maximum absolute atomic E-state index is 11.6. The van der Waals surface area contributed by atoms with Crippen molar-refractivity contribution in [3.63, 3.8) is 0 Å². The molecule has 4 rings (SSSR count). The van der Waals surface area contributed by atoms with Crippen molar-refractivity contribution >= 4 is 34.7 Å². The number of carbonyl (C=O) groups is 1. The van der Waals surface area contributed by atoms with E-state index in [2.05, 4.69) is 10.9 Å². The third kappa shape index (κ3) is 7.59. The van der Waals surface area contributed by atoms with Crippen LogP contribution in [0.25, 0.3) is 0 Å². The fourth-order valence-electron chi connectivity index (χ4n) is 2.52. The van der Waals surface area contributed by atoms with E-state index >= 15 is 0 Å². The van der Waals surface area contributed by atoms with E-state index in [4.69, 9.17) is 0 Å². The largest absolute Gasteiger partial charge is 0.618 e. The Bertz CT molecular complexity index is 1120. The monoisotopic (exact) mass is 494 g/mol. The van der Waals surface area contributed by atoms with Gasteiger partial charge in [0.25, 0.3) is 5.69 Å². The first-order valence-electron chi connectivity index (χ1n) is 9.42. The van der Waals surface area contributed by atoms with Crippen LogP contribution in [-0.4, -0.2) is 21.8 Å². The molecule has 0 saturated carbocycles. The second-order valence-electron chi connectivity index (χ2n) is 6.28. The van der Waals surface area contributed by atoms with Crippen molar-refractivity contribution in [3.05, 3.63) is 118 Å². The predicted octanol–water partition coefficient (Wildman–Crippen LogP) is 4.89. The number of carbonyl (C=O) groups excluding carboxylic acids is 1. The van der Waals surface area contributed by atoms with Gasteiger partial charge in [0.1, 0.15) is 0 Å². The van der Waals surface area contributed by atoms with Gasteiger partial charge in [0.15, 0.2) is 17.7 Å². The number of anilines is 1. The maximum Gasteiger partial charge on any atom is 0.258 e. The molecule has 3 aromatic rings. The summed E-state index contributed by atoms with van der Waals surface area (Å²) in [4.78, 5) is 12.2. The Hall–Kier alpha value is -3.58. The number of nitrogens with one attached hydrogen (secondary N) is 2. The average Bonchev–Trinajstić information content (AvgIpc) is 3.30. The summed E-state index contributed by atoms with van der Waals surface area (Å²) in [5, 5.41) is 23.0. The molecule has 0 saturated heterocycles. The van der Waals surface area contributed by atoms with E-state index < -0.39 is 0 Å². The van der Waals surface area contributed by atoms with Crippen LogP contribution in [0.5, 0.6) is 5.75 Å². The number of ketones is 1. The fraction of sp³-hybridized carbons (Fsp3) is 0. The molecule has 1 aromatic heterocycles. The molecule has 0 unspecified atom stereocenters. The van der Waals surface area contributed by atoms with Crippen molar-refractivity contribution in [2.45, 2.75) is 0 Å². The number of hydrazine groups is 1. The molecule has 1 aliphatic carbocycles. The Kier molecular flexibility index (Phi) is 10.0. The molecule has 0 spiro atoms. The fourth-order valence-corrected chi connectivity index (χ4v) is 3.15. The second kappa shape index (κ2) is 13.0. The molecule has 32 heavy (non-hydrogen) atoms. The average molecular weight is 495 g/mol. The third-order valence-electron chi connectivity index (χ3n) is 4.04. The van der Waals surface area contributed by atoms with E-state index in [-0.39, 0.29) is 34.3 Å². The van der Waals surface area contributed by atoms with Crippen LogP contribution in [-0.2, 0) is 21.9 Å². The molecule has 1 aliphatic rings. The number of para-hydroxylation sites is 3. The summed E-state index contributed by atoms with van der Waals surface area (Å²) < 4.78 is 0.668. The van der Waals surface area contributed by atoms with Gasteiger partial charge in [0.2, 0.25) is 0 Å². The molecule has 0 bridgehead atoms. The smallest absolute Gasteiger partial charge is 0.258 e. The first kappa shape index (κ1) is 24.7. The van der Waals surface area contributed by atoms with Crippen LogP contribution in [0.15, 0.2) is 108 Å². The van der Waals surface area contributed by atoms with Gasteiger partial charge < -0.3 is 21.2 Å². The zero-order valence-electron chi connectivity index (χ0n) is 16.8. The number of thiophene rings is 1. The minimum Gasteiger partial charge on any atom is -0.618 e. The molecule has 6 nitrogen and oxygen atoms in total. The van der Waals surface area contributed by atoms with Crippen molar-refractivity contribution in [3.8, 4) is 5.75 Å². The Balaban J connectivity index is 0.000000220. The Morgan fingerprint density at radius 2 is 1.66 bits per heavy atom. The van der Waals surface area contributed by atoms with E-state index in [0.29, 0.717) is 10.3 Å². The molecule has 1 radical (unpaired) electrons. The number of hydrogen-bond donors (Lipinski definition) is 3. The van der Waals surface area contributed by atoms with Crippen LogP contribution in [0.4, 0.5) is 11.4 Å². The Labute approximate surface area is 201 Å². The number of aromatic hydroxyl groups is 1. The van der Waals surface area contributed by atoms with Crippen LogP contribution in [0.2, 0.25) is 0 Å². The van der Waals surface area contributed by atoms with Gasteiger partial charge in [-0.3, -0.25) is 4.79 Å². The summed E-state index contributed by atoms with van der Waals surface area (Å²) in [6.07, 6.45) is 9.95. The molecular formula is C24H21CuN3O3S. The van der Waals surface area contributed by atoms with Crippen molar-refractivity contribution in [1.29, 1.82) is 0 Å². The van der Waals surface area contributed by atoms with E-state index in [9.17, 15) is 15.1 Å². The van der Waals surface area contributed by atoms with Gasteiger partial charge in [0.05, 0.1) is 10.6 Å². The summed E-state index contributed by atoms with van der Waals surface area (Å²) in [6.45, 7) is 0. The molecule has 8 heteroatoms. The molecule has 0 aliphatic heterocycles. The van der Waals surface area contributed by atoms with Crippen molar-refractivity contribution in [2.75, 3.05) is 5.43 Å². The molecule has 0 atom stereocenters. The summed E-state index contributed by atoms with van der Waals surface area (Å²) in [5.41, 5.74) is 7.69. The number of rotatable bonds is 5. The molecule has 167 valence electrons. The Morgan fingerprint density at radius 1 is 0.938 bits per heavy atom. The van der Waals surface area contributed by atoms with Gasteiger partial charge >= 0.3 is 0 Å². The SMILES string of the molecule is O=C1C=CC=C/C1=C\NNc1ccccc1.[Cu].[O-]/[N+](=C\c1cccs1)c1ccccc1O. The molecule has 0 amide bonds. The first-order valence-corrected chi connectivity index (χ1v) is 10.3. The number of allylic oxidation sites excluding steroid dienone is 5. The van der Waals surface area contributed by atoms with Crippen LogP contribution < -0.4 is 10.9 Å². The Morgan fingerprint density at radius 3 is 2.34 bits per heavy atom. The normalized spacial score (nSPS) is 13.7. The van der Waals surface area contributed by atoms with Gasteiger partial charge in [-0.1, -0.05) is 48.6 Å². The molecule has 1 heterocycles. The van der Waals surface area contributed by atoms with E-state index in [1.807, 2.05) is 53.9 Å². The minimum absolute atomic E-state index is 0. The molecule has 0 fully saturated rings. The molecular weight excluding hydrogens is 474 g/mol. The first-order chi connectivity index (χ1) is 15.1. The third-order valence-corrected chi connectivity index (χ3v) is 4.85. The van der Waals surface area contributed by atoms with Gasteiger partial charge in [-0.25, -0.2) is 0 Å². The van der Waals surface area contributed by atoms with Gasteiger partial charge in [-0.2, -0.15) is 4.74 Å². The quantitative estimate of drug-likeness (QED) is 0.117. The zero-order chi connectivity index (χ0) is 21.9. The number of hydrogen-bond acceptors (Lipinski definition) is 6. The molecule has 3 N–H and O–H groups in total. The van der Waals surface area contributed by atoms with Gasteiger partial charge in [-0.15, -0.1) is 11.3 Å². The standard InChI is InChI=1S/C13H12N2O.C11H9NO2S.Cu/c16-13-9-5-4-6-11(13)10-14-15-12-7-2-1-3-8-12;13-11-6-2-1-5-10(11)12(14)8-9-4-3-7-15-9;/h1-10,14-15H;1-8,13H;/b11-10+;12-8-;. The number of nitrogens with zero attached hydrogens (tertiary/aromatic N) is 1. The van der Waals surface area contributed by atoms with Crippen molar-refractivity contribution in [2.24, 2.45) is 0 Å². The van der Waals surface area contributed by atoms with Crippen LogP contribution in [0, 0.1) is 5.21 Å². The van der Waals surface area contributed by atoms with E-state index in [1.54, 1.807) is 36.6 Å². The minimum atomic E-state index is -0.0136. The molecule has 2 aromatic carbocycles. The van der Waals surface area contributed by atoms with E-state index in [1.165, 1.54) is 29.7 Å². The summed E-state index contributed by atoms with van der Waals surface area (Å²) in [5.74, 6) is -0.00910. The van der Waals surface area contributed by atoms with Crippen LogP contribution in [0.1, 0.15) is 4.88 Å². The zero-order valence-corrected chi connectivity index (χ0v) is 18.6. The predicted molar refractivity (Wildman–Crippen MR) is 125 cm³/mol. The van der Waals surface area contributed by atoms with Gasteiger partial charge in [-0.05, 0) is 41.8 Å². The van der Waals surface area contributed by atoms with Crippen molar-refractivity contribution < 1.29 is 31.7 Å². The summed E-state index contributed by atoms with van der Waals surface area (Å²) in [7, 11) is 0. The van der Waals surface area contributed by atoms with E-state index in [0.717, 1.165) is 10.6 Å². The number of benzene rings is 2. The number of phenols is 1. The summed E-state index contributed by atoms with van der Waals surface area (Å²) in [6, 6.07) is 19.9.